The first-order chi connectivity index (χ1) is 11.6. The quantitative estimate of drug-likeness (QED) is 0.874. The molecule has 2 aromatic rings. The molecule has 1 aliphatic heterocycles. The fourth-order valence-electron chi connectivity index (χ4n) is 2.98. The van der Waals surface area contributed by atoms with Crippen LogP contribution in [0.2, 0.25) is 0 Å². The molecule has 3 rings (SSSR count). The van der Waals surface area contributed by atoms with Crippen LogP contribution in [0.3, 0.4) is 0 Å². The lowest BCUT2D eigenvalue weighted by Gasteiger charge is -2.31. The van der Waals surface area contributed by atoms with Gasteiger partial charge in [0.25, 0.3) is 5.91 Å². The monoisotopic (exact) mass is 332 g/mol. The van der Waals surface area contributed by atoms with Crippen molar-refractivity contribution < 1.29 is 14.3 Å². The van der Waals surface area contributed by atoms with Crippen molar-refractivity contribution in [2.75, 3.05) is 27.3 Å². The van der Waals surface area contributed by atoms with E-state index in [1.807, 2.05) is 0 Å². The summed E-state index contributed by atoms with van der Waals surface area (Å²) in [5.74, 6) is 1.89. The van der Waals surface area contributed by atoms with E-state index in [4.69, 9.17) is 9.47 Å². The van der Waals surface area contributed by atoms with Crippen LogP contribution < -0.4 is 15.2 Å². The van der Waals surface area contributed by atoms with Gasteiger partial charge in [-0.25, -0.2) is 9.89 Å². The molecule has 0 unspecified atom stereocenters. The van der Waals surface area contributed by atoms with Gasteiger partial charge in [0.15, 0.2) is 0 Å². The summed E-state index contributed by atoms with van der Waals surface area (Å²) in [4.78, 5) is 28.4. The van der Waals surface area contributed by atoms with Crippen LogP contribution in [-0.2, 0) is 0 Å². The van der Waals surface area contributed by atoms with Crippen molar-refractivity contribution in [1.82, 2.24) is 20.1 Å². The Morgan fingerprint density at radius 3 is 2.58 bits per heavy atom. The molecular formula is C16H20N4O4. The van der Waals surface area contributed by atoms with Crippen LogP contribution in [0, 0.1) is 0 Å². The van der Waals surface area contributed by atoms with Crippen LogP contribution >= 0.6 is 0 Å². The molecule has 0 bridgehead atoms. The van der Waals surface area contributed by atoms with E-state index < -0.39 is 0 Å². The highest BCUT2D eigenvalue weighted by atomic mass is 16.5. The zero-order chi connectivity index (χ0) is 17.1. The van der Waals surface area contributed by atoms with E-state index in [9.17, 15) is 9.59 Å². The molecular weight excluding hydrogens is 312 g/mol. The number of ether oxygens (including phenoxy) is 2. The Balaban J connectivity index is 1.70. The van der Waals surface area contributed by atoms with Gasteiger partial charge in [-0.15, -0.1) is 0 Å². The number of nitrogens with one attached hydrogen (secondary N) is 2. The summed E-state index contributed by atoms with van der Waals surface area (Å²) >= 11 is 0. The third-order valence-corrected chi connectivity index (χ3v) is 4.33. The fraction of sp³-hybridized carbons (Fsp3) is 0.438. The molecule has 2 heterocycles. The lowest BCUT2D eigenvalue weighted by atomic mass is 9.95. The molecule has 8 heteroatoms. The number of piperidine rings is 1. The number of carbonyl (C=O) groups is 1. The number of carbonyl (C=O) groups excluding carboxylic acids is 1. The predicted molar refractivity (Wildman–Crippen MR) is 86.6 cm³/mol. The summed E-state index contributed by atoms with van der Waals surface area (Å²) in [6, 6.07) is 5.17. The van der Waals surface area contributed by atoms with Crippen molar-refractivity contribution in [3.63, 3.8) is 0 Å². The number of hydrogen-bond acceptors (Lipinski definition) is 5. The maximum Gasteiger partial charge on any atom is 0.340 e. The summed E-state index contributed by atoms with van der Waals surface area (Å²) in [6.45, 7) is 1.21. The summed E-state index contributed by atoms with van der Waals surface area (Å²) in [6.07, 6.45) is 1.51. The minimum absolute atomic E-state index is 0.0662. The highest BCUT2D eigenvalue weighted by Gasteiger charge is 2.27. The van der Waals surface area contributed by atoms with Gasteiger partial charge in [-0.1, -0.05) is 0 Å². The van der Waals surface area contributed by atoms with Crippen LogP contribution in [0.5, 0.6) is 11.5 Å². The maximum absolute atomic E-state index is 12.8. The third kappa shape index (κ3) is 3.12. The maximum atomic E-state index is 12.8. The zero-order valence-electron chi connectivity index (χ0n) is 13.7. The molecule has 0 radical (unpaired) electrons. The lowest BCUT2D eigenvalue weighted by molar-refractivity contribution is 0.0707. The van der Waals surface area contributed by atoms with Crippen LogP contribution in [0.4, 0.5) is 0 Å². The Hall–Kier alpha value is -2.77. The van der Waals surface area contributed by atoms with E-state index >= 15 is 0 Å². The minimum atomic E-state index is -0.300. The zero-order valence-corrected chi connectivity index (χ0v) is 13.7. The molecule has 0 saturated carbocycles. The van der Waals surface area contributed by atoms with E-state index in [-0.39, 0.29) is 17.5 Å². The standard InChI is InChI=1S/C16H20N4O4/c1-23-11-3-4-12(13(9-11)24-2)15(21)20-7-5-10(6-8-20)14-17-16(22)19-18-14/h3-4,9-10H,5-8H2,1-2H3,(H2,17,18,19,22). The largest absolute Gasteiger partial charge is 0.497 e. The summed E-state index contributed by atoms with van der Waals surface area (Å²) < 4.78 is 10.5. The van der Waals surface area contributed by atoms with Gasteiger partial charge in [0.1, 0.15) is 17.3 Å². The number of likely N-dealkylation sites (tertiary alicyclic amines) is 1. The second kappa shape index (κ2) is 6.77. The van der Waals surface area contributed by atoms with Crippen LogP contribution in [-0.4, -0.2) is 53.3 Å². The Kier molecular flexibility index (Phi) is 4.54. The van der Waals surface area contributed by atoms with Gasteiger partial charge in [-0.2, -0.15) is 5.10 Å². The SMILES string of the molecule is COc1ccc(C(=O)N2CCC(c3n[nH]c(=O)[nH]3)CC2)c(OC)c1. The van der Waals surface area contributed by atoms with E-state index in [1.54, 1.807) is 30.2 Å². The molecule has 1 fully saturated rings. The number of aromatic nitrogens is 3. The van der Waals surface area contributed by atoms with Crippen LogP contribution in [0.1, 0.15) is 34.9 Å². The molecule has 1 aromatic heterocycles. The molecule has 24 heavy (non-hydrogen) atoms. The van der Waals surface area contributed by atoms with Gasteiger partial charge in [-0.05, 0) is 25.0 Å². The molecule has 1 aromatic carbocycles. The molecule has 0 aliphatic carbocycles. The Morgan fingerprint density at radius 2 is 2.00 bits per heavy atom. The smallest absolute Gasteiger partial charge is 0.340 e. The van der Waals surface area contributed by atoms with Crippen molar-refractivity contribution in [2.45, 2.75) is 18.8 Å². The number of H-pyrrole nitrogens is 2. The van der Waals surface area contributed by atoms with E-state index in [1.165, 1.54) is 7.11 Å². The van der Waals surface area contributed by atoms with E-state index in [0.717, 1.165) is 12.8 Å². The minimum Gasteiger partial charge on any atom is -0.497 e. The number of benzene rings is 1. The Labute approximate surface area is 138 Å². The normalized spacial score (nSPS) is 15.3. The van der Waals surface area contributed by atoms with Crippen molar-refractivity contribution in [3.8, 4) is 11.5 Å². The molecule has 1 saturated heterocycles. The number of rotatable bonds is 4. The average molecular weight is 332 g/mol. The molecule has 1 amide bonds. The van der Waals surface area contributed by atoms with Gasteiger partial charge < -0.3 is 14.4 Å². The van der Waals surface area contributed by atoms with Gasteiger partial charge in [0.2, 0.25) is 0 Å². The molecule has 128 valence electrons. The topological polar surface area (TPSA) is 100 Å². The first-order valence-electron chi connectivity index (χ1n) is 7.78. The van der Waals surface area contributed by atoms with Crippen molar-refractivity contribution in [3.05, 3.63) is 40.1 Å². The number of nitrogens with zero attached hydrogens (tertiary/aromatic N) is 2. The predicted octanol–water partition coefficient (Wildman–Crippen LogP) is 1.14. The highest BCUT2D eigenvalue weighted by Crippen LogP contribution is 2.29. The second-order valence-electron chi connectivity index (χ2n) is 5.70. The lowest BCUT2D eigenvalue weighted by Crippen LogP contribution is -2.38. The molecule has 0 spiro atoms. The van der Waals surface area contributed by atoms with Crippen LogP contribution in [0.25, 0.3) is 0 Å². The number of amides is 1. The Morgan fingerprint density at radius 1 is 1.25 bits per heavy atom. The molecule has 1 aliphatic rings. The molecule has 0 atom stereocenters. The van der Waals surface area contributed by atoms with Gasteiger partial charge in [-0.3, -0.25) is 9.78 Å². The number of hydrogen-bond donors (Lipinski definition) is 2. The second-order valence-corrected chi connectivity index (χ2v) is 5.70. The third-order valence-electron chi connectivity index (χ3n) is 4.33. The first kappa shape index (κ1) is 16.1. The summed E-state index contributed by atoms with van der Waals surface area (Å²) in [7, 11) is 3.10. The summed E-state index contributed by atoms with van der Waals surface area (Å²) in [5.41, 5.74) is 0.219. The Bertz CT molecular complexity index is 774. The average Bonchev–Trinajstić information content (AvgIpc) is 3.07. The van der Waals surface area contributed by atoms with Gasteiger partial charge in [0.05, 0.1) is 19.8 Å². The molecule has 2 N–H and O–H groups in total. The number of methoxy groups -OCH3 is 2. The van der Waals surface area contributed by atoms with E-state index in [2.05, 4.69) is 15.2 Å². The highest BCUT2D eigenvalue weighted by molar-refractivity contribution is 5.97. The van der Waals surface area contributed by atoms with Gasteiger partial charge >= 0.3 is 5.69 Å². The van der Waals surface area contributed by atoms with Crippen LogP contribution in [0.15, 0.2) is 23.0 Å². The van der Waals surface area contributed by atoms with Crippen molar-refractivity contribution >= 4 is 5.91 Å². The van der Waals surface area contributed by atoms with Gasteiger partial charge in [0, 0.05) is 25.1 Å². The summed E-state index contributed by atoms with van der Waals surface area (Å²) in [5, 5.41) is 6.37. The first-order valence-corrected chi connectivity index (χ1v) is 7.78. The van der Waals surface area contributed by atoms with Crippen molar-refractivity contribution in [1.29, 1.82) is 0 Å². The number of aromatic amines is 2. The fourth-order valence-corrected chi connectivity index (χ4v) is 2.98. The van der Waals surface area contributed by atoms with E-state index in [0.29, 0.717) is 36.0 Å². The molecule has 8 nitrogen and oxygen atoms in total. The van der Waals surface area contributed by atoms with Crippen molar-refractivity contribution in [2.24, 2.45) is 0 Å².